The number of carbonyl (C=O) groups excluding carboxylic acids is 1. The number of nitrogens with one attached hydrogen (secondary N) is 3. The zero-order valence-electron chi connectivity index (χ0n) is 16.6. The number of aryl methyl sites for hydroxylation is 1. The highest BCUT2D eigenvalue weighted by Crippen LogP contribution is 2.37. The molecule has 150 valence electrons. The van der Waals surface area contributed by atoms with Crippen LogP contribution in [0.15, 0.2) is 30.3 Å². The predicted molar refractivity (Wildman–Crippen MR) is 112 cm³/mol. The van der Waals surface area contributed by atoms with Crippen molar-refractivity contribution in [2.24, 2.45) is 0 Å². The Balaban J connectivity index is 1.41. The SMILES string of the molecule is CC(=O)N1C2CCC1CC(Nc1nc(Nc3cc(C)[nH]n3)c3ccccc3n1)C2. The van der Waals surface area contributed by atoms with E-state index in [9.17, 15) is 4.79 Å². The summed E-state index contributed by atoms with van der Waals surface area (Å²) in [6, 6.07) is 10.8. The predicted octanol–water partition coefficient (Wildman–Crippen LogP) is 3.36. The number of nitrogens with zero attached hydrogens (tertiary/aromatic N) is 4. The van der Waals surface area contributed by atoms with Gasteiger partial charge in [-0.15, -0.1) is 0 Å². The maximum Gasteiger partial charge on any atom is 0.225 e. The van der Waals surface area contributed by atoms with Gasteiger partial charge in [-0.3, -0.25) is 9.89 Å². The fraction of sp³-hybridized carbons (Fsp3) is 0.429. The fourth-order valence-electron chi connectivity index (χ4n) is 4.83. The quantitative estimate of drug-likeness (QED) is 0.631. The first-order valence-corrected chi connectivity index (χ1v) is 10.2. The zero-order chi connectivity index (χ0) is 20.0. The van der Waals surface area contributed by atoms with Gasteiger partial charge in [-0.1, -0.05) is 12.1 Å². The number of piperidine rings is 1. The minimum absolute atomic E-state index is 0.193. The Kier molecular flexibility index (Phi) is 4.34. The van der Waals surface area contributed by atoms with Crippen LogP contribution in [0.25, 0.3) is 10.9 Å². The molecule has 2 aromatic heterocycles. The number of fused-ring (bicyclic) bond motifs is 3. The van der Waals surface area contributed by atoms with E-state index < -0.39 is 0 Å². The summed E-state index contributed by atoms with van der Waals surface area (Å²) in [6.45, 7) is 3.64. The number of anilines is 3. The summed E-state index contributed by atoms with van der Waals surface area (Å²) in [5, 5.41) is 15.0. The first-order chi connectivity index (χ1) is 14.1. The minimum atomic E-state index is 0.193. The molecule has 8 nitrogen and oxygen atoms in total. The van der Waals surface area contributed by atoms with Gasteiger partial charge < -0.3 is 15.5 Å². The lowest BCUT2D eigenvalue weighted by Gasteiger charge is -2.38. The molecule has 2 atom stereocenters. The van der Waals surface area contributed by atoms with Gasteiger partial charge in [-0.05, 0) is 44.7 Å². The van der Waals surface area contributed by atoms with E-state index in [1.54, 1.807) is 6.92 Å². The van der Waals surface area contributed by atoms with Crippen LogP contribution in [-0.2, 0) is 4.79 Å². The van der Waals surface area contributed by atoms with Crippen molar-refractivity contribution in [2.45, 2.75) is 57.7 Å². The van der Waals surface area contributed by atoms with Crippen LogP contribution in [0.2, 0.25) is 0 Å². The van der Waals surface area contributed by atoms with Crippen molar-refractivity contribution in [2.75, 3.05) is 10.6 Å². The van der Waals surface area contributed by atoms with E-state index in [1.165, 1.54) is 0 Å². The molecule has 2 aliphatic heterocycles. The van der Waals surface area contributed by atoms with Crippen LogP contribution in [0, 0.1) is 6.92 Å². The molecule has 3 N–H and O–H groups in total. The third kappa shape index (κ3) is 3.39. The summed E-state index contributed by atoms with van der Waals surface area (Å²) in [7, 11) is 0. The summed E-state index contributed by atoms with van der Waals surface area (Å²) < 4.78 is 0. The van der Waals surface area contributed by atoms with Crippen LogP contribution in [0.3, 0.4) is 0 Å². The first kappa shape index (κ1) is 17.9. The van der Waals surface area contributed by atoms with Gasteiger partial charge in [0.15, 0.2) is 5.82 Å². The highest BCUT2D eigenvalue weighted by atomic mass is 16.2. The summed E-state index contributed by atoms with van der Waals surface area (Å²) in [4.78, 5) is 23.5. The molecule has 2 fully saturated rings. The number of H-pyrrole nitrogens is 1. The van der Waals surface area contributed by atoms with Crippen molar-refractivity contribution < 1.29 is 4.79 Å². The average Bonchev–Trinajstić information content (AvgIpc) is 3.22. The van der Waals surface area contributed by atoms with Gasteiger partial charge >= 0.3 is 0 Å². The number of aromatic nitrogens is 4. The topological polar surface area (TPSA) is 98.8 Å². The van der Waals surface area contributed by atoms with E-state index in [-0.39, 0.29) is 11.9 Å². The Morgan fingerprint density at radius 2 is 1.93 bits per heavy atom. The number of carbonyl (C=O) groups is 1. The Labute approximate surface area is 169 Å². The molecule has 2 unspecified atom stereocenters. The van der Waals surface area contributed by atoms with Crippen molar-refractivity contribution in [1.29, 1.82) is 0 Å². The standard InChI is InChI=1S/C21H25N7O/c1-12-9-19(27-26-12)24-20-17-5-3-4-6-18(17)23-21(25-20)22-14-10-15-7-8-16(11-14)28(15)13(2)29/h3-6,9,14-16H,7-8,10-11H2,1-2H3,(H3,22,23,24,25,26,27). The van der Waals surface area contributed by atoms with Crippen LogP contribution in [0.4, 0.5) is 17.6 Å². The monoisotopic (exact) mass is 391 g/mol. The number of hydrogen-bond acceptors (Lipinski definition) is 6. The normalized spacial score (nSPS) is 23.4. The fourth-order valence-corrected chi connectivity index (χ4v) is 4.83. The smallest absolute Gasteiger partial charge is 0.225 e. The minimum Gasteiger partial charge on any atom is -0.351 e. The molecule has 0 radical (unpaired) electrons. The van der Waals surface area contributed by atoms with Crippen LogP contribution in [0.1, 0.15) is 38.3 Å². The number of hydrogen-bond donors (Lipinski definition) is 3. The molecule has 8 heteroatoms. The average molecular weight is 391 g/mol. The van der Waals surface area contributed by atoms with Gasteiger partial charge in [0, 0.05) is 42.2 Å². The van der Waals surface area contributed by atoms with Crippen LogP contribution in [-0.4, -0.2) is 49.1 Å². The van der Waals surface area contributed by atoms with Crippen molar-refractivity contribution in [3.05, 3.63) is 36.0 Å². The van der Waals surface area contributed by atoms with Gasteiger partial charge in [0.05, 0.1) is 5.52 Å². The van der Waals surface area contributed by atoms with Gasteiger partial charge in [0.25, 0.3) is 0 Å². The number of benzene rings is 1. The number of para-hydroxylation sites is 1. The molecule has 2 aliphatic rings. The highest BCUT2D eigenvalue weighted by Gasteiger charge is 2.42. The highest BCUT2D eigenvalue weighted by molar-refractivity contribution is 5.91. The summed E-state index contributed by atoms with van der Waals surface area (Å²) >= 11 is 0. The second kappa shape index (κ2) is 7.02. The molecule has 0 saturated carbocycles. The number of amides is 1. The van der Waals surface area contributed by atoms with Gasteiger partial charge in [0.1, 0.15) is 5.82 Å². The van der Waals surface area contributed by atoms with E-state index in [0.717, 1.165) is 53.9 Å². The van der Waals surface area contributed by atoms with E-state index in [0.29, 0.717) is 18.0 Å². The molecule has 4 heterocycles. The number of rotatable bonds is 4. The summed E-state index contributed by atoms with van der Waals surface area (Å²) in [5.74, 6) is 2.26. The maximum atomic E-state index is 12.0. The molecule has 0 aliphatic carbocycles. The van der Waals surface area contributed by atoms with E-state index in [1.807, 2.05) is 37.3 Å². The molecular weight excluding hydrogens is 366 g/mol. The zero-order valence-corrected chi connectivity index (χ0v) is 16.6. The third-order valence-corrected chi connectivity index (χ3v) is 5.99. The van der Waals surface area contributed by atoms with Crippen molar-refractivity contribution >= 4 is 34.4 Å². The molecule has 5 rings (SSSR count). The molecule has 0 spiro atoms. The molecule has 2 bridgehead atoms. The van der Waals surface area contributed by atoms with Crippen molar-refractivity contribution in [3.63, 3.8) is 0 Å². The van der Waals surface area contributed by atoms with E-state index >= 15 is 0 Å². The van der Waals surface area contributed by atoms with Gasteiger partial charge in [-0.2, -0.15) is 10.1 Å². The van der Waals surface area contributed by atoms with Crippen molar-refractivity contribution in [1.82, 2.24) is 25.1 Å². The maximum absolute atomic E-state index is 12.0. The molecule has 3 aromatic rings. The van der Waals surface area contributed by atoms with Crippen LogP contribution in [0.5, 0.6) is 0 Å². The van der Waals surface area contributed by atoms with E-state index in [2.05, 4.69) is 25.7 Å². The second-order valence-corrected chi connectivity index (χ2v) is 8.10. The second-order valence-electron chi connectivity index (χ2n) is 8.10. The Morgan fingerprint density at radius 3 is 2.62 bits per heavy atom. The summed E-state index contributed by atoms with van der Waals surface area (Å²) in [6.07, 6.45) is 4.06. The van der Waals surface area contributed by atoms with Crippen molar-refractivity contribution in [3.8, 4) is 0 Å². The molecule has 2 saturated heterocycles. The number of aromatic amines is 1. The lowest BCUT2D eigenvalue weighted by atomic mass is 9.97. The lowest BCUT2D eigenvalue weighted by molar-refractivity contribution is -0.133. The molecule has 29 heavy (non-hydrogen) atoms. The summed E-state index contributed by atoms with van der Waals surface area (Å²) in [5.41, 5.74) is 1.86. The van der Waals surface area contributed by atoms with Gasteiger partial charge in [-0.25, -0.2) is 4.98 Å². The lowest BCUT2D eigenvalue weighted by Crippen LogP contribution is -2.49. The molecular formula is C21H25N7O. The Morgan fingerprint density at radius 1 is 1.17 bits per heavy atom. The Hall–Kier alpha value is -3.16. The Bertz CT molecular complexity index is 1050. The molecule has 1 amide bonds. The van der Waals surface area contributed by atoms with Crippen LogP contribution < -0.4 is 10.6 Å². The van der Waals surface area contributed by atoms with Gasteiger partial charge in [0.2, 0.25) is 11.9 Å². The third-order valence-electron chi connectivity index (χ3n) is 5.99. The first-order valence-electron chi connectivity index (χ1n) is 10.2. The van der Waals surface area contributed by atoms with E-state index in [4.69, 9.17) is 9.97 Å². The molecule has 1 aromatic carbocycles. The largest absolute Gasteiger partial charge is 0.351 e. The van der Waals surface area contributed by atoms with Crippen LogP contribution >= 0.6 is 0 Å².